The van der Waals surface area contributed by atoms with Gasteiger partial charge in [-0.1, -0.05) is 13.8 Å². The van der Waals surface area contributed by atoms with Crippen molar-refractivity contribution in [3.8, 4) is 0 Å². The number of rotatable bonds is 2. The van der Waals surface area contributed by atoms with Crippen molar-refractivity contribution in [1.82, 2.24) is 0 Å². The topological polar surface area (TPSA) is 9.23 Å². The minimum absolute atomic E-state index is 0.569. The smallest absolute Gasteiger partial charge is 0.0585 e. The first-order valence-corrected chi connectivity index (χ1v) is 3.76. The van der Waals surface area contributed by atoms with Crippen LogP contribution in [0.2, 0.25) is 0 Å². The maximum Gasteiger partial charge on any atom is 0.0585 e. The van der Waals surface area contributed by atoms with E-state index < -0.39 is 0 Å². The van der Waals surface area contributed by atoms with Crippen LogP contribution in [0, 0.1) is 5.41 Å². The van der Waals surface area contributed by atoms with Crippen molar-refractivity contribution in [3.05, 3.63) is 0 Å². The zero-order chi connectivity index (χ0) is 6.91. The van der Waals surface area contributed by atoms with Gasteiger partial charge in [0.1, 0.15) is 0 Å². The molecule has 0 heterocycles. The zero-order valence-corrected chi connectivity index (χ0v) is 6.61. The number of ether oxygens (including phenoxy) is 1. The van der Waals surface area contributed by atoms with Crippen molar-refractivity contribution < 1.29 is 4.74 Å². The van der Waals surface area contributed by atoms with Gasteiger partial charge in [-0.2, -0.15) is 0 Å². The number of hydrogen-bond donors (Lipinski definition) is 0. The van der Waals surface area contributed by atoms with Crippen molar-refractivity contribution in [3.63, 3.8) is 0 Å². The van der Waals surface area contributed by atoms with Gasteiger partial charge < -0.3 is 4.74 Å². The molecule has 1 fully saturated rings. The minimum atomic E-state index is 0.569. The molecular weight excluding hydrogens is 112 g/mol. The Hall–Kier alpha value is -0.0400. The Bertz CT molecular complexity index is 88.7. The predicted molar refractivity (Wildman–Crippen MR) is 38.4 cm³/mol. The van der Waals surface area contributed by atoms with E-state index in [-0.39, 0.29) is 0 Å². The van der Waals surface area contributed by atoms with Crippen LogP contribution in [0.1, 0.15) is 33.6 Å². The van der Waals surface area contributed by atoms with E-state index in [9.17, 15) is 0 Å². The second kappa shape index (κ2) is 2.30. The van der Waals surface area contributed by atoms with Crippen LogP contribution < -0.4 is 0 Å². The summed E-state index contributed by atoms with van der Waals surface area (Å²) < 4.78 is 5.41. The first kappa shape index (κ1) is 7.07. The Kier molecular flexibility index (Phi) is 1.80. The lowest BCUT2D eigenvalue weighted by atomic mass is 9.70. The van der Waals surface area contributed by atoms with E-state index in [1.54, 1.807) is 0 Å². The maximum absolute atomic E-state index is 5.41. The van der Waals surface area contributed by atoms with Gasteiger partial charge >= 0.3 is 0 Å². The van der Waals surface area contributed by atoms with E-state index >= 15 is 0 Å². The molecule has 1 nitrogen and oxygen atoms in total. The van der Waals surface area contributed by atoms with E-state index in [2.05, 4.69) is 20.8 Å². The van der Waals surface area contributed by atoms with Crippen LogP contribution in [0.15, 0.2) is 0 Å². The third-order valence-corrected chi connectivity index (χ3v) is 1.96. The summed E-state index contributed by atoms with van der Waals surface area (Å²) in [5, 5.41) is 0. The third kappa shape index (κ3) is 1.68. The quantitative estimate of drug-likeness (QED) is 0.554. The summed E-state index contributed by atoms with van der Waals surface area (Å²) in [4.78, 5) is 0. The maximum atomic E-state index is 5.41. The Labute approximate surface area is 57.4 Å². The van der Waals surface area contributed by atoms with Gasteiger partial charge in [0, 0.05) is 6.61 Å². The van der Waals surface area contributed by atoms with E-state index in [1.165, 1.54) is 12.8 Å². The molecule has 0 unspecified atom stereocenters. The zero-order valence-electron chi connectivity index (χ0n) is 6.61. The fourth-order valence-electron chi connectivity index (χ4n) is 1.53. The van der Waals surface area contributed by atoms with Crippen LogP contribution in [0.25, 0.3) is 0 Å². The molecule has 54 valence electrons. The average Bonchev–Trinajstić information content (AvgIpc) is 1.62. The lowest BCUT2D eigenvalue weighted by molar-refractivity contribution is -0.0602. The average molecular weight is 128 g/mol. The van der Waals surface area contributed by atoms with Crippen molar-refractivity contribution in [2.24, 2.45) is 5.41 Å². The van der Waals surface area contributed by atoms with Gasteiger partial charge in [-0.05, 0) is 25.2 Å². The third-order valence-electron chi connectivity index (χ3n) is 1.96. The first-order chi connectivity index (χ1) is 4.14. The summed E-state index contributed by atoms with van der Waals surface area (Å²) in [5.74, 6) is 0. The molecule has 0 N–H and O–H groups in total. The molecule has 1 aliphatic rings. The summed E-state index contributed by atoms with van der Waals surface area (Å²) >= 11 is 0. The summed E-state index contributed by atoms with van der Waals surface area (Å²) in [6.45, 7) is 7.52. The highest BCUT2D eigenvalue weighted by Gasteiger charge is 2.36. The molecule has 0 aromatic rings. The highest BCUT2D eigenvalue weighted by atomic mass is 16.5. The van der Waals surface area contributed by atoms with Crippen LogP contribution >= 0.6 is 0 Å². The highest BCUT2D eigenvalue weighted by Crippen LogP contribution is 2.41. The van der Waals surface area contributed by atoms with Gasteiger partial charge in [-0.25, -0.2) is 0 Å². The molecule has 1 rings (SSSR count). The standard InChI is InChI=1S/C8H16O/c1-4-9-7-5-8(2,3)6-7/h7H,4-6H2,1-3H3. The van der Waals surface area contributed by atoms with Gasteiger partial charge in [0.15, 0.2) is 0 Å². The van der Waals surface area contributed by atoms with Crippen molar-refractivity contribution in [2.45, 2.75) is 39.7 Å². The van der Waals surface area contributed by atoms with Gasteiger partial charge in [-0.15, -0.1) is 0 Å². The van der Waals surface area contributed by atoms with Gasteiger partial charge in [0.05, 0.1) is 6.10 Å². The molecule has 9 heavy (non-hydrogen) atoms. The van der Waals surface area contributed by atoms with Crippen LogP contribution in [0.5, 0.6) is 0 Å². The molecule has 1 heteroatoms. The fourth-order valence-corrected chi connectivity index (χ4v) is 1.53. The van der Waals surface area contributed by atoms with Gasteiger partial charge in [0.25, 0.3) is 0 Å². The monoisotopic (exact) mass is 128 g/mol. The largest absolute Gasteiger partial charge is 0.378 e. The van der Waals surface area contributed by atoms with E-state index in [0.29, 0.717) is 11.5 Å². The van der Waals surface area contributed by atoms with Gasteiger partial charge in [0.2, 0.25) is 0 Å². The van der Waals surface area contributed by atoms with Crippen LogP contribution in [-0.2, 0) is 4.74 Å². The molecule has 0 aliphatic heterocycles. The summed E-state index contributed by atoms with van der Waals surface area (Å²) in [6, 6.07) is 0. The Morgan fingerprint density at radius 2 is 2.00 bits per heavy atom. The molecule has 0 radical (unpaired) electrons. The summed E-state index contributed by atoms with van der Waals surface area (Å²) in [5.41, 5.74) is 0.569. The van der Waals surface area contributed by atoms with Crippen LogP contribution in [0.4, 0.5) is 0 Å². The highest BCUT2D eigenvalue weighted by molar-refractivity contribution is 4.87. The molecule has 0 aromatic heterocycles. The first-order valence-electron chi connectivity index (χ1n) is 3.76. The van der Waals surface area contributed by atoms with E-state index in [0.717, 1.165) is 6.61 Å². The molecule has 0 atom stereocenters. The molecule has 0 aromatic carbocycles. The molecule has 1 saturated carbocycles. The second-order valence-corrected chi connectivity index (χ2v) is 3.65. The normalized spacial score (nSPS) is 25.7. The Morgan fingerprint density at radius 3 is 2.33 bits per heavy atom. The molecule has 1 aliphatic carbocycles. The SMILES string of the molecule is CCOC1CC(C)(C)C1. The second-order valence-electron chi connectivity index (χ2n) is 3.65. The predicted octanol–water partition coefficient (Wildman–Crippen LogP) is 2.21. The number of hydrogen-bond acceptors (Lipinski definition) is 1. The van der Waals surface area contributed by atoms with Crippen LogP contribution in [-0.4, -0.2) is 12.7 Å². The summed E-state index contributed by atoms with van der Waals surface area (Å²) in [6.07, 6.45) is 3.08. The Morgan fingerprint density at radius 1 is 1.44 bits per heavy atom. The molecule has 0 saturated heterocycles. The van der Waals surface area contributed by atoms with Crippen molar-refractivity contribution in [2.75, 3.05) is 6.61 Å². The van der Waals surface area contributed by atoms with E-state index in [4.69, 9.17) is 4.74 Å². The lowest BCUT2D eigenvalue weighted by Crippen LogP contribution is -2.37. The fraction of sp³-hybridized carbons (Fsp3) is 1.00. The van der Waals surface area contributed by atoms with Crippen molar-refractivity contribution >= 4 is 0 Å². The Balaban J connectivity index is 2.12. The molecule has 0 bridgehead atoms. The molecule has 0 spiro atoms. The van der Waals surface area contributed by atoms with Crippen LogP contribution in [0.3, 0.4) is 0 Å². The summed E-state index contributed by atoms with van der Waals surface area (Å²) in [7, 11) is 0. The van der Waals surface area contributed by atoms with Crippen molar-refractivity contribution in [1.29, 1.82) is 0 Å². The lowest BCUT2D eigenvalue weighted by Gasteiger charge is -2.41. The van der Waals surface area contributed by atoms with E-state index in [1.807, 2.05) is 0 Å². The minimum Gasteiger partial charge on any atom is -0.378 e. The van der Waals surface area contributed by atoms with Gasteiger partial charge in [-0.3, -0.25) is 0 Å². The molecule has 0 amide bonds. The molecular formula is C8H16O.